The van der Waals surface area contributed by atoms with E-state index in [1.165, 1.54) is 12.8 Å². The third-order valence-electron chi connectivity index (χ3n) is 4.63. The molecule has 1 fully saturated rings. The van der Waals surface area contributed by atoms with Crippen molar-refractivity contribution in [3.8, 4) is 0 Å². The van der Waals surface area contributed by atoms with E-state index in [2.05, 4.69) is 19.2 Å². The first-order valence-corrected chi connectivity index (χ1v) is 8.08. The molecule has 2 rings (SSSR count). The number of rotatable bonds is 5. The van der Waals surface area contributed by atoms with Crippen LogP contribution in [0.5, 0.6) is 0 Å². The van der Waals surface area contributed by atoms with Crippen LogP contribution < -0.4 is 11.1 Å². The summed E-state index contributed by atoms with van der Waals surface area (Å²) in [5.41, 5.74) is 8.60. The van der Waals surface area contributed by atoms with Gasteiger partial charge in [-0.1, -0.05) is 38.8 Å². The summed E-state index contributed by atoms with van der Waals surface area (Å²) in [4.78, 5) is 12.9. The van der Waals surface area contributed by atoms with Crippen molar-refractivity contribution in [3.05, 3.63) is 29.3 Å². The van der Waals surface area contributed by atoms with Crippen LogP contribution in [-0.4, -0.2) is 5.91 Å². The lowest BCUT2D eigenvalue weighted by Gasteiger charge is -2.30. The zero-order chi connectivity index (χ0) is 15.5. The molecule has 0 saturated heterocycles. The van der Waals surface area contributed by atoms with E-state index in [0.29, 0.717) is 12.5 Å². The molecule has 0 bridgehead atoms. The average Bonchev–Trinajstić information content (AvgIpc) is 2.90. The predicted octanol–water partition coefficient (Wildman–Crippen LogP) is 4.00. The van der Waals surface area contributed by atoms with E-state index in [-0.39, 0.29) is 11.3 Å². The summed E-state index contributed by atoms with van der Waals surface area (Å²) in [5, 5.41) is 3.18. The quantitative estimate of drug-likeness (QED) is 0.860. The maximum Gasteiger partial charge on any atom is 0.230 e. The van der Waals surface area contributed by atoms with E-state index >= 15 is 0 Å². The maximum absolute atomic E-state index is 12.9. The lowest BCUT2D eigenvalue weighted by Crippen LogP contribution is -2.35. The fourth-order valence-electron chi connectivity index (χ4n) is 3.54. The molecule has 0 aromatic heterocycles. The number of carbonyl (C=O) groups excluding carboxylic acids is 1. The minimum atomic E-state index is -0.167. The van der Waals surface area contributed by atoms with Crippen LogP contribution in [0, 0.1) is 18.3 Å². The molecule has 3 heteroatoms. The highest BCUT2D eigenvalue weighted by atomic mass is 16.2. The number of aryl methyl sites for hydroxylation is 1. The molecule has 0 spiro atoms. The summed E-state index contributed by atoms with van der Waals surface area (Å²) in [7, 11) is 0. The van der Waals surface area contributed by atoms with Gasteiger partial charge in [0.15, 0.2) is 0 Å². The summed E-state index contributed by atoms with van der Waals surface area (Å²) in [6, 6.07) is 6.05. The second-order valence-corrected chi connectivity index (χ2v) is 6.89. The molecule has 1 aliphatic carbocycles. The number of nitrogens with one attached hydrogen (secondary N) is 1. The van der Waals surface area contributed by atoms with Crippen LogP contribution in [0.25, 0.3) is 0 Å². The van der Waals surface area contributed by atoms with E-state index in [1.54, 1.807) is 0 Å². The molecule has 0 aliphatic heterocycles. The monoisotopic (exact) mass is 288 g/mol. The van der Waals surface area contributed by atoms with Crippen molar-refractivity contribution in [2.45, 2.75) is 59.4 Å². The molecule has 1 aromatic carbocycles. The molecule has 1 aromatic rings. The Morgan fingerprint density at radius 1 is 1.33 bits per heavy atom. The molecule has 0 unspecified atom stereocenters. The van der Waals surface area contributed by atoms with Gasteiger partial charge in [0, 0.05) is 17.6 Å². The highest BCUT2D eigenvalue weighted by molar-refractivity contribution is 5.96. The maximum atomic E-state index is 12.9. The van der Waals surface area contributed by atoms with Crippen LogP contribution in [0.2, 0.25) is 0 Å². The standard InChI is InChI=1S/C18H28N2O/c1-13(2)11-18(8-4-5-9-18)17(21)20-16-10-15(12-19)7-6-14(16)3/h6-7,10,13H,4-5,8-9,11-12,19H2,1-3H3,(H,20,21). The number of hydrogen-bond donors (Lipinski definition) is 2. The van der Waals surface area contributed by atoms with E-state index in [9.17, 15) is 4.79 Å². The molecule has 1 saturated carbocycles. The Kier molecular flexibility index (Phi) is 5.04. The van der Waals surface area contributed by atoms with Gasteiger partial charge in [-0.15, -0.1) is 0 Å². The molecule has 116 valence electrons. The first-order chi connectivity index (χ1) is 9.97. The summed E-state index contributed by atoms with van der Waals surface area (Å²) in [6.07, 6.45) is 5.36. The minimum Gasteiger partial charge on any atom is -0.326 e. The zero-order valence-electron chi connectivity index (χ0n) is 13.5. The van der Waals surface area contributed by atoms with Gasteiger partial charge in [-0.05, 0) is 49.3 Å². The van der Waals surface area contributed by atoms with Gasteiger partial charge in [0.2, 0.25) is 5.91 Å². The van der Waals surface area contributed by atoms with Crippen LogP contribution in [0.4, 0.5) is 5.69 Å². The molecule has 21 heavy (non-hydrogen) atoms. The fourth-order valence-corrected chi connectivity index (χ4v) is 3.54. The van der Waals surface area contributed by atoms with E-state index < -0.39 is 0 Å². The molecule has 1 amide bonds. The summed E-state index contributed by atoms with van der Waals surface area (Å²) in [6.45, 7) is 6.93. The van der Waals surface area contributed by atoms with Crippen LogP contribution in [0.1, 0.15) is 57.1 Å². The topological polar surface area (TPSA) is 55.1 Å². The molecule has 0 radical (unpaired) electrons. The van der Waals surface area contributed by atoms with Crippen molar-refractivity contribution in [2.75, 3.05) is 5.32 Å². The number of nitrogens with two attached hydrogens (primary N) is 1. The van der Waals surface area contributed by atoms with Crippen LogP contribution >= 0.6 is 0 Å². The Labute approximate surface area is 128 Å². The Morgan fingerprint density at radius 3 is 2.57 bits per heavy atom. The zero-order valence-corrected chi connectivity index (χ0v) is 13.5. The van der Waals surface area contributed by atoms with E-state index in [4.69, 9.17) is 5.73 Å². The van der Waals surface area contributed by atoms with Crippen molar-refractivity contribution < 1.29 is 4.79 Å². The van der Waals surface area contributed by atoms with Gasteiger partial charge in [0.1, 0.15) is 0 Å². The Bertz CT molecular complexity index is 502. The van der Waals surface area contributed by atoms with Gasteiger partial charge >= 0.3 is 0 Å². The van der Waals surface area contributed by atoms with Crippen molar-refractivity contribution >= 4 is 11.6 Å². The largest absolute Gasteiger partial charge is 0.326 e. The molecular formula is C18H28N2O. The van der Waals surface area contributed by atoms with Gasteiger partial charge in [-0.2, -0.15) is 0 Å². The van der Waals surface area contributed by atoms with Crippen molar-refractivity contribution in [2.24, 2.45) is 17.1 Å². The smallest absolute Gasteiger partial charge is 0.230 e. The first-order valence-electron chi connectivity index (χ1n) is 8.08. The van der Waals surface area contributed by atoms with Crippen molar-refractivity contribution in [3.63, 3.8) is 0 Å². The molecule has 1 aliphatic rings. The normalized spacial score (nSPS) is 17.2. The average molecular weight is 288 g/mol. The van der Waals surface area contributed by atoms with Gasteiger partial charge < -0.3 is 11.1 Å². The third-order valence-corrected chi connectivity index (χ3v) is 4.63. The summed E-state index contributed by atoms with van der Waals surface area (Å²) in [5.74, 6) is 0.747. The van der Waals surface area contributed by atoms with Crippen LogP contribution in [0.15, 0.2) is 18.2 Å². The summed E-state index contributed by atoms with van der Waals surface area (Å²) < 4.78 is 0. The lowest BCUT2D eigenvalue weighted by atomic mass is 9.77. The SMILES string of the molecule is Cc1ccc(CN)cc1NC(=O)C1(CC(C)C)CCCC1. The lowest BCUT2D eigenvalue weighted by molar-refractivity contribution is -0.126. The number of carbonyl (C=O) groups is 1. The summed E-state index contributed by atoms with van der Waals surface area (Å²) >= 11 is 0. The number of benzene rings is 1. The van der Waals surface area contributed by atoms with Crippen LogP contribution in [0.3, 0.4) is 0 Å². The Balaban J connectivity index is 2.19. The Morgan fingerprint density at radius 2 is 2.00 bits per heavy atom. The van der Waals surface area contributed by atoms with E-state index in [0.717, 1.165) is 36.1 Å². The van der Waals surface area contributed by atoms with Crippen molar-refractivity contribution in [1.82, 2.24) is 0 Å². The highest BCUT2D eigenvalue weighted by Crippen LogP contribution is 2.44. The van der Waals surface area contributed by atoms with Crippen molar-refractivity contribution in [1.29, 1.82) is 0 Å². The van der Waals surface area contributed by atoms with Crippen LogP contribution in [-0.2, 0) is 11.3 Å². The van der Waals surface area contributed by atoms with Gasteiger partial charge in [-0.25, -0.2) is 0 Å². The number of hydrogen-bond acceptors (Lipinski definition) is 2. The molecule has 3 N–H and O–H groups in total. The molecular weight excluding hydrogens is 260 g/mol. The fraction of sp³-hybridized carbons (Fsp3) is 0.611. The highest BCUT2D eigenvalue weighted by Gasteiger charge is 2.41. The number of anilines is 1. The van der Waals surface area contributed by atoms with Gasteiger partial charge in [-0.3, -0.25) is 4.79 Å². The molecule has 0 heterocycles. The first kappa shape index (κ1) is 16.0. The molecule has 3 nitrogen and oxygen atoms in total. The number of amides is 1. The molecule has 0 atom stereocenters. The third kappa shape index (κ3) is 3.65. The second kappa shape index (κ2) is 6.61. The van der Waals surface area contributed by atoms with Gasteiger partial charge in [0.05, 0.1) is 0 Å². The second-order valence-electron chi connectivity index (χ2n) is 6.89. The van der Waals surface area contributed by atoms with E-state index in [1.807, 2.05) is 25.1 Å². The predicted molar refractivity (Wildman–Crippen MR) is 88.1 cm³/mol. The Hall–Kier alpha value is -1.35. The van der Waals surface area contributed by atoms with Gasteiger partial charge in [0.25, 0.3) is 0 Å². The minimum absolute atomic E-state index is 0.167.